The molecule has 0 aliphatic heterocycles. The monoisotopic (exact) mass is 237 g/mol. The van der Waals surface area contributed by atoms with E-state index in [1.165, 1.54) is 5.56 Å². The Kier molecular flexibility index (Phi) is 5.51. The van der Waals surface area contributed by atoms with Crippen LogP contribution in [0.3, 0.4) is 0 Å². The molecule has 1 aromatic heterocycles. The lowest BCUT2D eigenvalue weighted by molar-refractivity contribution is 0.177. The maximum Gasteiger partial charge on any atom is 0.154 e. The number of ether oxygens (including phenoxy) is 1. The quantitative estimate of drug-likeness (QED) is 0.822. The molecular formula is C13H23N3O. The van der Waals surface area contributed by atoms with E-state index in [0.717, 1.165) is 30.3 Å². The van der Waals surface area contributed by atoms with Crippen LogP contribution in [0.5, 0.6) is 0 Å². The van der Waals surface area contributed by atoms with Crippen LogP contribution in [-0.4, -0.2) is 23.6 Å². The highest BCUT2D eigenvalue weighted by Gasteiger charge is 2.08. The fraction of sp³-hybridized carbons (Fsp3) is 0.692. The molecule has 17 heavy (non-hydrogen) atoms. The minimum Gasteiger partial charge on any atom is -0.377 e. The Morgan fingerprint density at radius 3 is 2.24 bits per heavy atom. The fourth-order valence-electron chi connectivity index (χ4n) is 1.74. The zero-order valence-corrected chi connectivity index (χ0v) is 11.5. The van der Waals surface area contributed by atoms with E-state index in [1.807, 2.05) is 13.8 Å². The fourth-order valence-corrected chi connectivity index (χ4v) is 1.74. The van der Waals surface area contributed by atoms with Gasteiger partial charge in [-0.15, -0.1) is 0 Å². The van der Waals surface area contributed by atoms with Gasteiger partial charge in [0.05, 0.1) is 0 Å². The molecule has 0 atom stereocenters. The van der Waals surface area contributed by atoms with E-state index in [1.54, 1.807) is 7.11 Å². The molecule has 0 fully saturated rings. The first-order chi connectivity index (χ1) is 8.04. The van der Waals surface area contributed by atoms with Crippen LogP contribution in [0.1, 0.15) is 36.6 Å². The molecule has 0 aliphatic carbocycles. The van der Waals surface area contributed by atoms with Gasteiger partial charge >= 0.3 is 0 Å². The average Bonchev–Trinajstić information content (AvgIpc) is 2.22. The molecule has 0 aromatic carbocycles. The van der Waals surface area contributed by atoms with Crippen LogP contribution < -0.4 is 5.32 Å². The molecule has 4 heteroatoms. The van der Waals surface area contributed by atoms with Gasteiger partial charge in [0.2, 0.25) is 0 Å². The van der Waals surface area contributed by atoms with Crippen molar-refractivity contribution in [3.8, 4) is 0 Å². The van der Waals surface area contributed by atoms with Gasteiger partial charge in [-0.1, -0.05) is 13.8 Å². The summed E-state index contributed by atoms with van der Waals surface area (Å²) in [4.78, 5) is 8.89. The summed E-state index contributed by atoms with van der Waals surface area (Å²) >= 11 is 0. The molecule has 0 bridgehead atoms. The largest absolute Gasteiger partial charge is 0.377 e. The molecule has 0 saturated carbocycles. The average molecular weight is 237 g/mol. The molecule has 0 spiro atoms. The number of methoxy groups -OCH3 is 1. The molecule has 1 rings (SSSR count). The number of nitrogens with zero attached hydrogens (tertiary/aromatic N) is 2. The van der Waals surface area contributed by atoms with Crippen molar-refractivity contribution in [2.45, 2.75) is 40.8 Å². The normalized spacial score (nSPS) is 11.2. The van der Waals surface area contributed by atoms with Crippen molar-refractivity contribution in [2.75, 3.05) is 13.7 Å². The first-order valence-corrected chi connectivity index (χ1v) is 6.07. The van der Waals surface area contributed by atoms with Crippen molar-refractivity contribution >= 4 is 0 Å². The van der Waals surface area contributed by atoms with E-state index in [9.17, 15) is 0 Å². The summed E-state index contributed by atoms with van der Waals surface area (Å²) in [6, 6.07) is 0. The third kappa shape index (κ3) is 4.40. The first kappa shape index (κ1) is 14.1. The van der Waals surface area contributed by atoms with Gasteiger partial charge in [0.25, 0.3) is 0 Å². The second kappa shape index (κ2) is 6.67. The van der Waals surface area contributed by atoms with Crippen LogP contribution in [0.15, 0.2) is 0 Å². The van der Waals surface area contributed by atoms with Crippen molar-refractivity contribution in [1.82, 2.24) is 15.3 Å². The van der Waals surface area contributed by atoms with Gasteiger partial charge in [0, 0.05) is 30.6 Å². The molecule has 1 heterocycles. The van der Waals surface area contributed by atoms with E-state index in [4.69, 9.17) is 4.74 Å². The van der Waals surface area contributed by atoms with Crippen LogP contribution in [0.4, 0.5) is 0 Å². The highest BCUT2D eigenvalue weighted by Crippen LogP contribution is 2.10. The van der Waals surface area contributed by atoms with E-state index < -0.39 is 0 Å². The zero-order valence-electron chi connectivity index (χ0n) is 11.5. The molecule has 4 nitrogen and oxygen atoms in total. The number of rotatable bonds is 6. The Morgan fingerprint density at radius 2 is 1.76 bits per heavy atom. The van der Waals surface area contributed by atoms with Crippen LogP contribution in [0.25, 0.3) is 0 Å². The number of nitrogens with one attached hydrogen (secondary N) is 1. The standard InChI is InChI=1S/C13H23N3O/c1-9(2)6-14-7-12-10(3)15-13(8-17-5)16-11(12)4/h9,14H,6-8H2,1-5H3. The first-order valence-electron chi connectivity index (χ1n) is 6.07. The van der Waals surface area contributed by atoms with Crippen molar-refractivity contribution in [1.29, 1.82) is 0 Å². The predicted octanol–water partition coefficient (Wildman–Crippen LogP) is 1.99. The van der Waals surface area contributed by atoms with Gasteiger partial charge in [-0.05, 0) is 26.3 Å². The molecule has 0 saturated heterocycles. The summed E-state index contributed by atoms with van der Waals surface area (Å²) in [6.07, 6.45) is 0. The number of aryl methyl sites for hydroxylation is 2. The van der Waals surface area contributed by atoms with E-state index in [-0.39, 0.29) is 0 Å². The molecule has 0 amide bonds. The van der Waals surface area contributed by atoms with Crippen molar-refractivity contribution in [3.05, 3.63) is 22.8 Å². The summed E-state index contributed by atoms with van der Waals surface area (Å²) in [5, 5.41) is 3.42. The molecule has 0 unspecified atom stereocenters. The van der Waals surface area contributed by atoms with Gasteiger partial charge in [-0.2, -0.15) is 0 Å². The van der Waals surface area contributed by atoms with Gasteiger partial charge < -0.3 is 10.1 Å². The number of aromatic nitrogens is 2. The zero-order chi connectivity index (χ0) is 12.8. The van der Waals surface area contributed by atoms with Crippen molar-refractivity contribution in [3.63, 3.8) is 0 Å². The molecule has 1 N–H and O–H groups in total. The highest BCUT2D eigenvalue weighted by molar-refractivity contribution is 5.24. The summed E-state index contributed by atoms with van der Waals surface area (Å²) in [5.74, 6) is 1.42. The van der Waals surface area contributed by atoms with Crippen LogP contribution >= 0.6 is 0 Å². The van der Waals surface area contributed by atoms with Crippen LogP contribution in [-0.2, 0) is 17.9 Å². The Balaban J connectivity index is 2.72. The van der Waals surface area contributed by atoms with Crippen molar-refractivity contribution in [2.24, 2.45) is 5.92 Å². The Bertz CT molecular complexity index is 341. The summed E-state index contributed by atoms with van der Waals surface area (Å²) in [7, 11) is 1.66. The Labute approximate surface area is 104 Å². The third-order valence-corrected chi connectivity index (χ3v) is 2.59. The van der Waals surface area contributed by atoms with E-state index in [0.29, 0.717) is 12.5 Å². The van der Waals surface area contributed by atoms with Crippen molar-refractivity contribution < 1.29 is 4.74 Å². The molecule has 0 aliphatic rings. The van der Waals surface area contributed by atoms with Crippen LogP contribution in [0.2, 0.25) is 0 Å². The Morgan fingerprint density at radius 1 is 1.18 bits per heavy atom. The second-order valence-corrected chi connectivity index (χ2v) is 4.75. The van der Waals surface area contributed by atoms with E-state index in [2.05, 4.69) is 29.1 Å². The summed E-state index contributed by atoms with van der Waals surface area (Å²) < 4.78 is 5.05. The molecule has 1 aromatic rings. The topological polar surface area (TPSA) is 47.0 Å². The Hall–Kier alpha value is -1.00. The van der Waals surface area contributed by atoms with Crippen LogP contribution in [0, 0.1) is 19.8 Å². The number of hydrogen-bond donors (Lipinski definition) is 1. The predicted molar refractivity (Wildman–Crippen MR) is 68.8 cm³/mol. The third-order valence-electron chi connectivity index (χ3n) is 2.59. The molecular weight excluding hydrogens is 214 g/mol. The maximum absolute atomic E-state index is 5.05. The lowest BCUT2D eigenvalue weighted by Gasteiger charge is -2.12. The highest BCUT2D eigenvalue weighted by atomic mass is 16.5. The number of hydrogen-bond acceptors (Lipinski definition) is 4. The minimum absolute atomic E-state index is 0.474. The summed E-state index contributed by atoms with van der Waals surface area (Å²) in [5.41, 5.74) is 3.28. The smallest absolute Gasteiger partial charge is 0.154 e. The van der Waals surface area contributed by atoms with Gasteiger partial charge in [0.15, 0.2) is 5.82 Å². The van der Waals surface area contributed by atoms with E-state index >= 15 is 0 Å². The lowest BCUT2D eigenvalue weighted by Crippen LogP contribution is -2.21. The maximum atomic E-state index is 5.05. The lowest BCUT2D eigenvalue weighted by atomic mass is 10.1. The molecule has 0 radical (unpaired) electrons. The molecule has 96 valence electrons. The second-order valence-electron chi connectivity index (χ2n) is 4.75. The van der Waals surface area contributed by atoms with Gasteiger partial charge in [-0.3, -0.25) is 0 Å². The van der Waals surface area contributed by atoms with Gasteiger partial charge in [-0.25, -0.2) is 9.97 Å². The summed E-state index contributed by atoms with van der Waals surface area (Å²) in [6.45, 7) is 10.8. The van der Waals surface area contributed by atoms with Gasteiger partial charge in [0.1, 0.15) is 6.61 Å². The SMILES string of the molecule is COCc1nc(C)c(CNCC(C)C)c(C)n1. The minimum atomic E-state index is 0.474.